The molecule has 4 nitrogen and oxygen atoms in total. The summed E-state index contributed by atoms with van der Waals surface area (Å²) in [5.74, 6) is -1.37. The number of rotatable bonds is 4. The number of halogens is 1. The van der Waals surface area contributed by atoms with Crippen LogP contribution in [-0.4, -0.2) is 16.2 Å². The summed E-state index contributed by atoms with van der Waals surface area (Å²) in [6.07, 6.45) is 0. The molecule has 0 saturated carbocycles. The molecule has 2 rings (SSSR count). The number of carbonyl (C=O) groups is 1. The Hall–Kier alpha value is -2.20. The van der Waals surface area contributed by atoms with Crippen molar-refractivity contribution in [3.8, 4) is 11.5 Å². The molecule has 2 N–H and O–H groups in total. The highest BCUT2D eigenvalue weighted by atomic mass is 35.5. The lowest BCUT2D eigenvalue weighted by Gasteiger charge is -2.11. The van der Waals surface area contributed by atoms with Gasteiger partial charge in [-0.1, -0.05) is 35.9 Å². The maximum Gasteiger partial charge on any atom is 0.339 e. The normalized spacial score (nSPS) is 10.3. The SMILES string of the molecule is Cc1ccccc1COc1cc(O)c(C(=O)O)cc1Cl. The number of ether oxygens (including phenoxy) is 1. The Kier molecular flexibility index (Phi) is 4.15. The largest absolute Gasteiger partial charge is 0.507 e. The quantitative estimate of drug-likeness (QED) is 0.903. The van der Waals surface area contributed by atoms with E-state index in [4.69, 9.17) is 21.4 Å². The van der Waals surface area contributed by atoms with E-state index in [1.54, 1.807) is 0 Å². The van der Waals surface area contributed by atoms with Gasteiger partial charge in [0.25, 0.3) is 0 Å². The topological polar surface area (TPSA) is 66.8 Å². The molecule has 104 valence electrons. The van der Waals surface area contributed by atoms with Crippen LogP contribution in [0.3, 0.4) is 0 Å². The molecule has 2 aromatic rings. The predicted molar refractivity (Wildman–Crippen MR) is 75.6 cm³/mol. The Balaban J connectivity index is 2.21. The fourth-order valence-corrected chi connectivity index (χ4v) is 1.97. The first-order valence-corrected chi connectivity index (χ1v) is 6.30. The van der Waals surface area contributed by atoms with Gasteiger partial charge in [-0.25, -0.2) is 4.79 Å². The number of aromatic hydroxyl groups is 1. The van der Waals surface area contributed by atoms with E-state index >= 15 is 0 Å². The van der Waals surface area contributed by atoms with E-state index in [0.29, 0.717) is 0 Å². The van der Waals surface area contributed by atoms with Crippen molar-refractivity contribution in [2.75, 3.05) is 0 Å². The van der Waals surface area contributed by atoms with E-state index in [2.05, 4.69) is 0 Å². The van der Waals surface area contributed by atoms with Crippen molar-refractivity contribution in [2.45, 2.75) is 13.5 Å². The summed E-state index contributed by atoms with van der Waals surface area (Å²) in [5, 5.41) is 18.6. The van der Waals surface area contributed by atoms with Crippen molar-refractivity contribution in [1.29, 1.82) is 0 Å². The third kappa shape index (κ3) is 3.03. The van der Waals surface area contributed by atoms with Gasteiger partial charge < -0.3 is 14.9 Å². The van der Waals surface area contributed by atoms with Gasteiger partial charge in [0.05, 0.1) is 5.02 Å². The molecule has 0 heterocycles. The van der Waals surface area contributed by atoms with Crippen molar-refractivity contribution in [2.24, 2.45) is 0 Å². The minimum Gasteiger partial charge on any atom is -0.507 e. The summed E-state index contributed by atoms with van der Waals surface area (Å²) in [6, 6.07) is 10.1. The average molecular weight is 293 g/mol. The zero-order valence-corrected chi connectivity index (χ0v) is 11.5. The molecule has 20 heavy (non-hydrogen) atoms. The molecule has 0 aliphatic rings. The number of phenols is 1. The molecular weight excluding hydrogens is 280 g/mol. The van der Waals surface area contributed by atoms with Crippen LogP contribution < -0.4 is 4.74 Å². The van der Waals surface area contributed by atoms with Crippen molar-refractivity contribution >= 4 is 17.6 Å². The highest BCUT2D eigenvalue weighted by molar-refractivity contribution is 6.32. The van der Waals surface area contributed by atoms with Crippen LogP contribution in [0.5, 0.6) is 11.5 Å². The molecule has 0 spiro atoms. The van der Waals surface area contributed by atoms with Gasteiger partial charge in [-0.15, -0.1) is 0 Å². The van der Waals surface area contributed by atoms with Crippen LogP contribution in [0.15, 0.2) is 36.4 Å². The van der Waals surface area contributed by atoms with Crippen LogP contribution in [0.1, 0.15) is 21.5 Å². The zero-order valence-electron chi connectivity index (χ0n) is 10.8. The highest BCUT2D eigenvalue weighted by Crippen LogP contribution is 2.32. The van der Waals surface area contributed by atoms with Crippen LogP contribution in [0.2, 0.25) is 5.02 Å². The maximum absolute atomic E-state index is 10.8. The second kappa shape index (κ2) is 5.84. The second-order valence-corrected chi connectivity index (χ2v) is 4.73. The molecule has 0 aliphatic heterocycles. The molecule has 0 bridgehead atoms. The molecule has 0 radical (unpaired) electrons. The minimum atomic E-state index is -1.24. The van der Waals surface area contributed by atoms with E-state index in [0.717, 1.165) is 11.1 Å². The van der Waals surface area contributed by atoms with E-state index in [9.17, 15) is 9.90 Å². The first kappa shape index (κ1) is 14.2. The fraction of sp³-hybridized carbons (Fsp3) is 0.133. The van der Waals surface area contributed by atoms with Crippen LogP contribution in [0.25, 0.3) is 0 Å². The number of aryl methyl sites for hydroxylation is 1. The molecule has 0 aromatic heterocycles. The molecule has 2 aromatic carbocycles. The van der Waals surface area contributed by atoms with Gasteiger partial charge >= 0.3 is 5.97 Å². The number of carboxylic acids is 1. The highest BCUT2D eigenvalue weighted by Gasteiger charge is 2.14. The number of benzene rings is 2. The lowest BCUT2D eigenvalue weighted by Crippen LogP contribution is -2.01. The molecular formula is C15H13ClO4. The maximum atomic E-state index is 10.8. The van der Waals surface area contributed by atoms with E-state index in [1.807, 2.05) is 31.2 Å². The first-order chi connectivity index (χ1) is 9.49. The monoisotopic (exact) mass is 292 g/mol. The number of aromatic carboxylic acids is 1. The predicted octanol–water partition coefficient (Wildman–Crippen LogP) is 3.63. The summed E-state index contributed by atoms with van der Waals surface area (Å²) >= 11 is 5.95. The second-order valence-electron chi connectivity index (χ2n) is 4.32. The van der Waals surface area contributed by atoms with Gasteiger partial charge in [-0.2, -0.15) is 0 Å². The van der Waals surface area contributed by atoms with Gasteiger partial charge in [0.2, 0.25) is 0 Å². The number of carboxylic acid groups (broad SMARTS) is 1. The molecule has 0 fully saturated rings. The summed E-state index contributed by atoms with van der Waals surface area (Å²) in [6.45, 7) is 2.25. The Morgan fingerprint density at radius 1 is 1.30 bits per heavy atom. The average Bonchev–Trinajstić information content (AvgIpc) is 2.40. The van der Waals surface area contributed by atoms with Gasteiger partial charge in [0.1, 0.15) is 23.7 Å². The zero-order chi connectivity index (χ0) is 14.7. The van der Waals surface area contributed by atoms with Crippen LogP contribution in [-0.2, 0) is 6.61 Å². The van der Waals surface area contributed by atoms with E-state index in [1.165, 1.54) is 12.1 Å². The van der Waals surface area contributed by atoms with E-state index < -0.39 is 5.97 Å². The Morgan fingerprint density at radius 2 is 2.00 bits per heavy atom. The summed E-state index contributed by atoms with van der Waals surface area (Å²) < 4.78 is 5.53. The van der Waals surface area contributed by atoms with Crippen molar-refractivity contribution in [1.82, 2.24) is 0 Å². The Labute approximate surface area is 121 Å². The molecule has 5 heteroatoms. The number of hydrogen-bond donors (Lipinski definition) is 2. The lowest BCUT2D eigenvalue weighted by molar-refractivity contribution is 0.0693. The first-order valence-electron chi connectivity index (χ1n) is 5.92. The summed E-state index contributed by atoms with van der Waals surface area (Å²) in [7, 11) is 0. The van der Waals surface area contributed by atoms with Crippen LogP contribution in [0, 0.1) is 6.92 Å². The molecule has 0 unspecified atom stereocenters. The molecule has 0 amide bonds. The third-order valence-electron chi connectivity index (χ3n) is 2.93. The van der Waals surface area contributed by atoms with Gasteiger partial charge in [-0.05, 0) is 24.1 Å². The summed E-state index contributed by atoms with van der Waals surface area (Å²) in [5.41, 5.74) is 1.82. The Morgan fingerprint density at radius 3 is 2.65 bits per heavy atom. The molecule has 0 atom stereocenters. The van der Waals surface area contributed by atoms with Crippen molar-refractivity contribution < 1.29 is 19.7 Å². The minimum absolute atomic E-state index is 0.147. The number of hydrogen-bond acceptors (Lipinski definition) is 3. The van der Waals surface area contributed by atoms with Gasteiger partial charge in [0, 0.05) is 6.07 Å². The third-order valence-corrected chi connectivity index (χ3v) is 3.22. The fourth-order valence-electron chi connectivity index (χ4n) is 1.75. The van der Waals surface area contributed by atoms with Gasteiger partial charge in [0.15, 0.2) is 0 Å². The molecule has 0 aliphatic carbocycles. The van der Waals surface area contributed by atoms with Crippen molar-refractivity contribution in [3.63, 3.8) is 0 Å². The van der Waals surface area contributed by atoms with Crippen LogP contribution >= 0.6 is 11.6 Å². The summed E-state index contributed by atoms with van der Waals surface area (Å²) in [4.78, 5) is 10.8. The van der Waals surface area contributed by atoms with Gasteiger partial charge in [-0.3, -0.25) is 0 Å². The lowest BCUT2D eigenvalue weighted by atomic mass is 10.1. The standard InChI is InChI=1S/C15H13ClO4/c1-9-4-2-3-5-10(9)8-20-14-7-13(17)11(15(18)19)6-12(14)16/h2-7,17H,8H2,1H3,(H,18,19). The smallest absolute Gasteiger partial charge is 0.339 e. The molecule has 0 saturated heterocycles. The van der Waals surface area contributed by atoms with Crippen LogP contribution in [0.4, 0.5) is 0 Å². The van der Waals surface area contributed by atoms with E-state index in [-0.39, 0.29) is 28.7 Å². The van der Waals surface area contributed by atoms with Crippen molar-refractivity contribution in [3.05, 3.63) is 58.1 Å². The Bertz CT molecular complexity index is 652.